The Morgan fingerprint density at radius 2 is 2.00 bits per heavy atom. The molecule has 1 unspecified atom stereocenters. The van der Waals surface area contributed by atoms with Crippen LogP contribution in [-0.4, -0.2) is 24.6 Å². The molecule has 3 aromatic rings. The maximum absolute atomic E-state index is 12.4. The van der Waals surface area contributed by atoms with E-state index >= 15 is 0 Å². The molecular formula is C20H24ClN5O3. The lowest BCUT2D eigenvalue weighted by Crippen LogP contribution is -2.37. The Morgan fingerprint density at radius 1 is 1.24 bits per heavy atom. The van der Waals surface area contributed by atoms with Gasteiger partial charge in [-0.3, -0.25) is 18.7 Å². The summed E-state index contributed by atoms with van der Waals surface area (Å²) in [6.07, 6.45) is 3.13. The molecule has 1 aromatic carbocycles. The van der Waals surface area contributed by atoms with E-state index in [-0.39, 0.29) is 11.9 Å². The molecule has 0 aliphatic heterocycles. The molecule has 0 fully saturated rings. The Kier molecular flexibility index (Phi) is 6.22. The molecule has 1 atom stereocenters. The highest BCUT2D eigenvalue weighted by Gasteiger charge is 2.15. The van der Waals surface area contributed by atoms with Crippen molar-refractivity contribution in [3.8, 4) is 0 Å². The van der Waals surface area contributed by atoms with Crippen LogP contribution in [0.4, 0.5) is 0 Å². The monoisotopic (exact) mass is 417 g/mol. The molecule has 9 heteroatoms. The fourth-order valence-electron chi connectivity index (χ4n) is 3.39. The van der Waals surface area contributed by atoms with E-state index in [0.29, 0.717) is 35.6 Å². The molecule has 0 bridgehead atoms. The summed E-state index contributed by atoms with van der Waals surface area (Å²) in [5, 5.41) is 3.67. The Hall–Kier alpha value is -2.87. The van der Waals surface area contributed by atoms with Crippen molar-refractivity contribution in [3.05, 3.63) is 62.0 Å². The van der Waals surface area contributed by atoms with Crippen molar-refractivity contribution in [2.24, 2.45) is 14.1 Å². The molecule has 0 aliphatic carbocycles. The zero-order chi connectivity index (χ0) is 21.1. The molecule has 2 aromatic heterocycles. The summed E-state index contributed by atoms with van der Waals surface area (Å²) < 4.78 is 4.10. The Labute approximate surface area is 172 Å². The van der Waals surface area contributed by atoms with Gasteiger partial charge in [-0.05, 0) is 30.5 Å². The summed E-state index contributed by atoms with van der Waals surface area (Å²) in [7, 11) is 3.02. The molecule has 1 amide bonds. The van der Waals surface area contributed by atoms with Gasteiger partial charge in [0.25, 0.3) is 5.56 Å². The maximum Gasteiger partial charge on any atom is 0.332 e. The second kappa shape index (κ2) is 8.65. The van der Waals surface area contributed by atoms with Crippen LogP contribution in [0.2, 0.25) is 5.02 Å². The van der Waals surface area contributed by atoms with Crippen LogP contribution in [0, 0.1) is 0 Å². The minimum atomic E-state index is -0.418. The summed E-state index contributed by atoms with van der Waals surface area (Å²) in [5.41, 5.74) is 0.865. The number of halogens is 1. The first-order valence-corrected chi connectivity index (χ1v) is 9.87. The van der Waals surface area contributed by atoms with Crippen molar-refractivity contribution in [3.63, 3.8) is 0 Å². The van der Waals surface area contributed by atoms with Crippen molar-refractivity contribution in [1.29, 1.82) is 0 Å². The van der Waals surface area contributed by atoms with Crippen molar-refractivity contribution in [2.75, 3.05) is 0 Å². The highest BCUT2D eigenvalue weighted by atomic mass is 35.5. The Bertz CT molecular complexity index is 1160. The van der Waals surface area contributed by atoms with Crippen molar-refractivity contribution in [1.82, 2.24) is 24.0 Å². The molecule has 0 spiro atoms. The summed E-state index contributed by atoms with van der Waals surface area (Å²) in [6.45, 7) is 2.45. The lowest BCUT2D eigenvalue weighted by Gasteiger charge is -2.18. The maximum atomic E-state index is 12.4. The number of aryl methyl sites for hydroxylation is 2. The van der Waals surface area contributed by atoms with E-state index in [4.69, 9.17) is 11.6 Å². The predicted octanol–water partition coefficient (Wildman–Crippen LogP) is 2.13. The highest BCUT2D eigenvalue weighted by Crippen LogP contribution is 2.20. The van der Waals surface area contributed by atoms with Crippen LogP contribution in [0.1, 0.15) is 37.8 Å². The van der Waals surface area contributed by atoms with Gasteiger partial charge in [-0.2, -0.15) is 0 Å². The van der Waals surface area contributed by atoms with Gasteiger partial charge in [-0.25, -0.2) is 9.78 Å². The number of hydrogen-bond donors (Lipinski definition) is 1. The van der Waals surface area contributed by atoms with Crippen LogP contribution in [-0.2, 0) is 25.4 Å². The van der Waals surface area contributed by atoms with Gasteiger partial charge in [0.2, 0.25) is 5.91 Å². The first-order chi connectivity index (χ1) is 13.8. The van der Waals surface area contributed by atoms with Crippen molar-refractivity contribution < 1.29 is 4.79 Å². The third kappa shape index (κ3) is 4.27. The molecule has 1 N–H and O–H groups in total. The lowest BCUT2D eigenvalue weighted by molar-refractivity contribution is -0.122. The van der Waals surface area contributed by atoms with Gasteiger partial charge in [0, 0.05) is 32.1 Å². The molecule has 29 heavy (non-hydrogen) atoms. The molecular weight excluding hydrogens is 394 g/mol. The molecule has 3 rings (SSSR count). The number of carbonyl (C=O) groups is 1. The number of aromatic nitrogens is 4. The van der Waals surface area contributed by atoms with Gasteiger partial charge in [0.15, 0.2) is 11.2 Å². The van der Waals surface area contributed by atoms with Gasteiger partial charge in [0.1, 0.15) is 0 Å². The lowest BCUT2D eigenvalue weighted by atomic mass is 10.0. The number of imidazole rings is 1. The predicted molar refractivity (Wildman–Crippen MR) is 112 cm³/mol. The molecule has 8 nitrogen and oxygen atoms in total. The summed E-state index contributed by atoms with van der Waals surface area (Å²) >= 11 is 6.05. The van der Waals surface area contributed by atoms with Crippen LogP contribution >= 0.6 is 11.6 Å². The quantitative estimate of drug-likeness (QED) is 0.637. The fraction of sp³-hybridized carbons (Fsp3) is 0.400. The molecule has 0 aliphatic rings. The van der Waals surface area contributed by atoms with Crippen LogP contribution < -0.4 is 16.6 Å². The first kappa shape index (κ1) is 20.9. The number of nitrogens with one attached hydrogen (secondary N) is 1. The average molecular weight is 418 g/mol. The van der Waals surface area contributed by atoms with Crippen molar-refractivity contribution >= 4 is 28.7 Å². The Balaban J connectivity index is 1.66. The zero-order valence-corrected chi connectivity index (χ0v) is 17.4. The summed E-state index contributed by atoms with van der Waals surface area (Å²) in [6, 6.07) is 7.36. The third-order valence-corrected chi connectivity index (χ3v) is 5.25. The normalized spacial score (nSPS) is 12.3. The van der Waals surface area contributed by atoms with E-state index in [0.717, 1.165) is 16.6 Å². The van der Waals surface area contributed by atoms with Gasteiger partial charge < -0.3 is 9.88 Å². The fourth-order valence-corrected chi connectivity index (χ4v) is 3.59. The van der Waals surface area contributed by atoms with Crippen LogP contribution in [0.5, 0.6) is 0 Å². The van der Waals surface area contributed by atoms with E-state index in [1.54, 1.807) is 17.7 Å². The second-order valence-electron chi connectivity index (χ2n) is 7.00. The summed E-state index contributed by atoms with van der Waals surface area (Å²) in [5.74, 6) is -0.0680. The summed E-state index contributed by atoms with van der Waals surface area (Å²) in [4.78, 5) is 41.0. The van der Waals surface area contributed by atoms with Gasteiger partial charge in [-0.1, -0.05) is 30.7 Å². The van der Waals surface area contributed by atoms with Crippen molar-refractivity contribution in [2.45, 2.75) is 38.8 Å². The molecule has 154 valence electrons. The van der Waals surface area contributed by atoms with E-state index in [2.05, 4.69) is 10.3 Å². The van der Waals surface area contributed by atoms with Crippen LogP contribution in [0.15, 0.2) is 40.2 Å². The van der Waals surface area contributed by atoms with Gasteiger partial charge >= 0.3 is 5.69 Å². The van der Waals surface area contributed by atoms with Gasteiger partial charge in [-0.15, -0.1) is 0 Å². The number of benzene rings is 1. The number of carbonyl (C=O) groups excluding carboxylic acids is 1. The molecule has 0 radical (unpaired) electrons. The number of fused-ring (bicyclic) bond motifs is 1. The third-order valence-electron chi connectivity index (χ3n) is 5.01. The number of amides is 1. The zero-order valence-electron chi connectivity index (χ0n) is 16.7. The smallest absolute Gasteiger partial charge is 0.332 e. The van der Waals surface area contributed by atoms with E-state index < -0.39 is 11.2 Å². The van der Waals surface area contributed by atoms with Crippen LogP contribution in [0.25, 0.3) is 11.2 Å². The van der Waals surface area contributed by atoms with E-state index in [1.165, 1.54) is 17.9 Å². The number of rotatable bonds is 7. The van der Waals surface area contributed by atoms with Crippen LogP contribution in [0.3, 0.4) is 0 Å². The Morgan fingerprint density at radius 3 is 2.69 bits per heavy atom. The minimum Gasteiger partial charge on any atom is -0.349 e. The highest BCUT2D eigenvalue weighted by molar-refractivity contribution is 6.30. The SMILES string of the molecule is CCC(NC(=O)CCCn1cnc2c1c(=O)n(C)c(=O)n2C)c1cccc(Cl)c1. The first-order valence-electron chi connectivity index (χ1n) is 9.49. The van der Waals surface area contributed by atoms with Gasteiger partial charge in [0.05, 0.1) is 12.4 Å². The molecule has 0 saturated heterocycles. The largest absolute Gasteiger partial charge is 0.349 e. The average Bonchev–Trinajstić information content (AvgIpc) is 3.13. The standard InChI is InChI=1S/C20H24ClN5O3/c1-4-15(13-7-5-8-14(21)11-13)23-16(27)9-6-10-26-12-22-18-17(26)19(28)25(3)20(29)24(18)2/h5,7-8,11-12,15H,4,6,9-10H2,1-3H3,(H,23,27). The van der Waals surface area contributed by atoms with E-state index in [9.17, 15) is 14.4 Å². The minimum absolute atomic E-state index is 0.0680. The van der Waals surface area contributed by atoms with E-state index in [1.807, 2.05) is 25.1 Å². The second-order valence-corrected chi connectivity index (χ2v) is 7.44. The molecule has 2 heterocycles. The number of hydrogen-bond acceptors (Lipinski definition) is 4. The number of nitrogens with zero attached hydrogens (tertiary/aromatic N) is 4. The topological polar surface area (TPSA) is 90.9 Å². The molecule has 0 saturated carbocycles.